The van der Waals surface area contributed by atoms with Gasteiger partial charge in [0.2, 0.25) is 0 Å². The first kappa shape index (κ1) is 14.4. The van der Waals surface area contributed by atoms with Crippen LogP contribution in [0, 0.1) is 5.92 Å². The topological polar surface area (TPSA) is 21.8 Å². The highest BCUT2D eigenvalue weighted by Crippen LogP contribution is 2.37. The summed E-state index contributed by atoms with van der Waals surface area (Å²) in [6.07, 6.45) is 3.13. The van der Waals surface area contributed by atoms with E-state index in [9.17, 15) is 0 Å². The van der Waals surface area contributed by atoms with Gasteiger partial charge in [-0.3, -0.25) is 0 Å². The Morgan fingerprint density at radius 2 is 1.95 bits per heavy atom. The highest BCUT2D eigenvalue weighted by Gasteiger charge is 2.36. The molecule has 0 N–H and O–H groups in total. The van der Waals surface area contributed by atoms with Crippen molar-refractivity contribution in [3.8, 4) is 5.75 Å². The second-order valence-corrected chi connectivity index (χ2v) is 5.96. The zero-order valence-electron chi connectivity index (χ0n) is 12.6. The van der Waals surface area contributed by atoms with Crippen LogP contribution in [0.25, 0.3) is 0 Å². The molecule has 0 amide bonds. The van der Waals surface area contributed by atoms with E-state index >= 15 is 0 Å². The molecule has 0 aliphatic carbocycles. The molecular formula is C17H26O2. The number of hydrogen-bond acceptors (Lipinski definition) is 2. The van der Waals surface area contributed by atoms with Crippen molar-refractivity contribution >= 4 is 0 Å². The summed E-state index contributed by atoms with van der Waals surface area (Å²) in [5.74, 6) is 2.15. The Hall–Kier alpha value is -1.02. The van der Waals surface area contributed by atoms with E-state index in [1.165, 1.54) is 5.56 Å². The van der Waals surface area contributed by atoms with E-state index in [1.807, 2.05) is 0 Å². The smallest absolute Gasteiger partial charge is 0.122 e. The normalized spacial score (nSPS) is 23.4. The molecule has 1 heterocycles. The van der Waals surface area contributed by atoms with Gasteiger partial charge in [0.15, 0.2) is 0 Å². The summed E-state index contributed by atoms with van der Waals surface area (Å²) in [5, 5.41) is 0. The van der Waals surface area contributed by atoms with Gasteiger partial charge in [0, 0.05) is 0 Å². The zero-order valence-corrected chi connectivity index (χ0v) is 12.6. The van der Waals surface area contributed by atoms with E-state index < -0.39 is 0 Å². The average Bonchev–Trinajstić information content (AvgIpc) is 3.09. The molecule has 1 aromatic rings. The number of para-hydroxylation sites is 1. The summed E-state index contributed by atoms with van der Waals surface area (Å²) in [6.45, 7) is 9.54. The van der Waals surface area contributed by atoms with Crippen LogP contribution in [-0.4, -0.2) is 18.8 Å². The fourth-order valence-electron chi connectivity index (χ4n) is 2.48. The molecule has 0 saturated carbocycles. The lowest BCUT2D eigenvalue weighted by Gasteiger charge is -2.19. The lowest BCUT2D eigenvalue weighted by atomic mass is 9.90. The SMILES string of the molecule is CCC(CC1OC1C)c1ccccc1OCC(C)C. The van der Waals surface area contributed by atoms with Crippen LogP contribution in [0.3, 0.4) is 0 Å². The minimum atomic E-state index is 0.442. The average molecular weight is 262 g/mol. The number of benzene rings is 1. The zero-order chi connectivity index (χ0) is 13.8. The summed E-state index contributed by atoms with van der Waals surface area (Å²) in [7, 11) is 0. The molecule has 1 fully saturated rings. The van der Waals surface area contributed by atoms with Crippen LogP contribution in [0.4, 0.5) is 0 Å². The van der Waals surface area contributed by atoms with E-state index in [2.05, 4.69) is 52.0 Å². The first-order valence-corrected chi connectivity index (χ1v) is 7.49. The minimum absolute atomic E-state index is 0.442. The van der Waals surface area contributed by atoms with Gasteiger partial charge in [0.1, 0.15) is 5.75 Å². The van der Waals surface area contributed by atoms with E-state index in [-0.39, 0.29) is 0 Å². The van der Waals surface area contributed by atoms with Crippen molar-refractivity contribution in [3.63, 3.8) is 0 Å². The third-order valence-corrected chi connectivity index (χ3v) is 3.78. The van der Waals surface area contributed by atoms with Gasteiger partial charge >= 0.3 is 0 Å². The van der Waals surface area contributed by atoms with Gasteiger partial charge in [-0.15, -0.1) is 0 Å². The molecular weight excluding hydrogens is 236 g/mol. The van der Waals surface area contributed by atoms with E-state index in [0.29, 0.717) is 24.0 Å². The monoisotopic (exact) mass is 262 g/mol. The summed E-state index contributed by atoms with van der Waals surface area (Å²) in [4.78, 5) is 0. The molecule has 106 valence electrons. The fourth-order valence-corrected chi connectivity index (χ4v) is 2.48. The maximum Gasteiger partial charge on any atom is 0.122 e. The largest absolute Gasteiger partial charge is 0.493 e. The van der Waals surface area contributed by atoms with E-state index in [0.717, 1.165) is 25.2 Å². The molecule has 3 atom stereocenters. The van der Waals surface area contributed by atoms with Crippen LogP contribution in [0.2, 0.25) is 0 Å². The second-order valence-electron chi connectivity index (χ2n) is 5.96. The van der Waals surface area contributed by atoms with Crippen LogP contribution in [0.1, 0.15) is 52.0 Å². The molecule has 1 aliphatic heterocycles. The van der Waals surface area contributed by atoms with Crippen molar-refractivity contribution in [2.75, 3.05) is 6.61 Å². The standard InChI is InChI=1S/C17H26O2/c1-5-14(10-17-13(4)19-17)15-8-6-7-9-16(15)18-11-12(2)3/h6-9,12-14,17H,5,10-11H2,1-4H3. The molecule has 1 aromatic carbocycles. The number of ether oxygens (including phenoxy) is 2. The lowest BCUT2D eigenvalue weighted by molar-refractivity contribution is 0.265. The van der Waals surface area contributed by atoms with E-state index in [1.54, 1.807) is 0 Å². The molecule has 19 heavy (non-hydrogen) atoms. The highest BCUT2D eigenvalue weighted by molar-refractivity contribution is 5.36. The van der Waals surface area contributed by atoms with Crippen LogP contribution in [0.5, 0.6) is 5.75 Å². The highest BCUT2D eigenvalue weighted by atomic mass is 16.6. The Morgan fingerprint density at radius 3 is 2.53 bits per heavy atom. The van der Waals surface area contributed by atoms with Crippen molar-refractivity contribution in [1.82, 2.24) is 0 Å². The van der Waals surface area contributed by atoms with Gasteiger partial charge in [-0.1, -0.05) is 39.0 Å². The van der Waals surface area contributed by atoms with Gasteiger partial charge in [-0.05, 0) is 43.2 Å². The Balaban J connectivity index is 2.07. The minimum Gasteiger partial charge on any atom is -0.493 e. The first-order chi connectivity index (χ1) is 9.11. The Bertz CT molecular complexity index is 400. The molecule has 3 unspecified atom stereocenters. The number of rotatable bonds is 7. The molecule has 2 heteroatoms. The van der Waals surface area contributed by atoms with Gasteiger partial charge in [0.05, 0.1) is 18.8 Å². The quantitative estimate of drug-likeness (QED) is 0.680. The van der Waals surface area contributed by atoms with Gasteiger partial charge in [0.25, 0.3) is 0 Å². The van der Waals surface area contributed by atoms with Crippen LogP contribution in [-0.2, 0) is 4.74 Å². The molecule has 2 nitrogen and oxygen atoms in total. The molecule has 0 bridgehead atoms. The predicted octanol–water partition coefficient (Wildman–Crippen LogP) is 4.39. The maximum atomic E-state index is 5.97. The van der Waals surface area contributed by atoms with Gasteiger partial charge in [-0.25, -0.2) is 0 Å². The molecule has 0 radical (unpaired) electrons. The molecule has 2 rings (SSSR count). The summed E-state index contributed by atoms with van der Waals surface area (Å²) >= 11 is 0. The molecule has 1 saturated heterocycles. The van der Waals surface area contributed by atoms with E-state index in [4.69, 9.17) is 9.47 Å². The molecule has 0 aromatic heterocycles. The van der Waals surface area contributed by atoms with Gasteiger partial charge < -0.3 is 9.47 Å². The Kier molecular flexibility index (Phi) is 4.87. The predicted molar refractivity (Wildman–Crippen MR) is 78.8 cm³/mol. The lowest BCUT2D eigenvalue weighted by Crippen LogP contribution is -2.09. The van der Waals surface area contributed by atoms with Crippen LogP contribution >= 0.6 is 0 Å². The number of epoxide rings is 1. The van der Waals surface area contributed by atoms with Gasteiger partial charge in [-0.2, -0.15) is 0 Å². The summed E-state index contributed by atoms with van der Waals surface area (Å²) in [6, 6.07) is 8.47. The van der Waals surface area contributed by atoms with Crippen molar-refractivity contribution in [2.24, 2.45) is 5.92 Å². The second kappa shape index (κ2) is 6.42. The van der Waals surface area contributed by atoms with Crippen molar-refractivity contribution < 1.29 is 9.47 Å². The first-order valence-electron chi connectivity index (χ1n) is 7.49. The van der Waals surface area contributed by atoms with Crippen LogP contribution < -0.4 is 4.74 Å². The summed E-state index contributed by atoms with van der Waals surface area (Å²) in [5.41, 5.74) is 1.34. The Morgan fingerprint density at radius 1 is 1.26 bits per heavy atom. The fraction of sp³-hybridized carbons (Fsp3) is 0.647. The number of hydrogen-bond donors (Lipinski definition) is 0. The maximum absolute atomic E-state index is 5.97. The van der Waals surface area contributed by atoms with Crippen molar-refractivity contribution in [3.05, 3.63) is 29.8 Å². The molecule has 1 aliphatic rings. The van der Waals surface area contributed by atoms with Crippen molar-refractivity contribution in [1.29, 1.82) is 0 Å². The van der Waals surface area contributed by atoms with Crippen molar-refractivity contribution in [2.45, 2.75) is 58.7 Å². The summed E-state index contributed by atoms with van der Waals surface area (Å²) < 4.78 is 11.5. The Labute approximate surface area is 117 Å². The van der Waals surface area contributed by atoms with Crippen LogP contribution in [0.15, 0.2) is 24.3 Å². The third-order valence-electron chi connectivity index (χ3n) is 3.78. The molecule has 0 spiro atoms. The third kappa shape index (κ3) is 3.97.